The maximum atomic E-state index is 14.3. The second-order valence-electron chi connectivity index (χ2n) is 7.81. The molecule has 0 spiro atoms. The molecule has 7 heteroatoms. The van der Waals surface area contributed by atoms with Crippen LogP contribution in [-0.4, -0.2) is 33.8 Å². The smallest absolute Gasteiger partial charge is 0.282 e. The van der Waals surface area contributed by atoms with Gasteiger partial charge in [0.2, 0.25) is 0 Å². The van der Waals surface area contributed by atoms with E-state index in [1.54, 1.807) is 18.5 Å². The number of hydrogen-bond acceptors (Lipinski definition) is 3. The lowest BCUT2D eigenvalue weighted by molar-refractivity contribution is -0.0262. The Kier molecular flexibility index (Phi) is 3.54. The van der Waals surface area contributed by atoms with Gasteiger partial charge in [0, 0.05) is 23.5 Å². The van der Waals surface area contributed by atoms with Crippen LogP contribution in [0.3, 0.4) is 0 Å². The third-order valence-corrected chi connectivity index (χ3v) is 4.61. The molecule has 0 saturated carbocycles. The van der Waals surface area contributed by atoms with Crippen molar-refractivity contribution in [1.82, 2.24) is 14.8 Å². The van der Waals surface area contributed by atoms with E-state index in [9.17, 15) is 13.2 Å². The molecule has 0 unspecified atom stereocenters. The Balaban J connectivity index is 1.73. The number of aromatic nitrogens is 3. The van der Waals surface area contributed by atoms with E-state index in [0.29, 0.717) is 11.3 Å². The molecule has 1 aromatic carbocycles. The Morgan fingerprint density at radius 2 is 1.85 bits per heavy atom. The van der Waals surface area contributed by atoms with Crippen molar-refractivity contribution in [3.8, 4) is 5.69 Å². The van der Waals surface area contributed by atoms with E-state index >= 15 is 0 Å². The van der Waals surface area contributed by atoms with Crippen molar-refractivity contribution in [2.24, 2.45) is 0 Å². The maximum Gasteiger partial charge on any atom is 0.282 e. The molecule has 1 saturated heterocycles. The Labute approximate surface area is 149 Å². The zero-order valence-electron chi connectivity index (χ0n) is 14.8. The second-order valence-corrected chi connectivity index (χ2v) is 7.81. The molecular weight excluding hydrogens is 341 g/mol. The van der Waals surface area contributed by atoms with E-state index in [1.807, 2.05) is 6.07 Å². The van der Waals surface area contributed by atoms with Crippen LogP contribution in [0.15, 0.2) is 36.7 Å². The first-order chi connectivity index (χ1) is 12.1. The van der Waals surface area contributed by atoms with E-state index in [2.05, 4.69) is 30.9 Å². The van der Waals surface area contributed by atoms with E-state index < -0.39 is 11.7 Å². The summed E-state index contributed by atoms with van der Waals surface area (Å²) in [5.74, 6) is -3.15. The lowest BCUT2D eigenvalue weighted by Crippen LogP contribution is -2.56. The van der Waals surface area contributed by atoms with E-state index in [1.165, 1.54) is 21.7 Å². The van der Waals surface area contributed by atoms with Gasteiger partial charge in [-0.25, -0.2) is 22.8 Å². The number of hydrogen-bond donors (Lipinski definition) is 0. The molecule has 0 N–H and O–H groups in total. The summed E-state index contributed by atoms with van der Waals surface area (Å²) in [5.41, 5.74) is 2.28. The van der Waals surface area contributed by atoms with Gasteiger partial charge in [0.1, 0.15) is 11.5 Å². The van der Waals surface area contributed by atoms with Crippen molar-refractivity contribution in [2.75, 3.05) is 18.0 Å². The predicted molar refractivity (Wildman–Crippen MR) is 94.7 cm³/mol. The summed E-state index contributed by atoms with van der Waals surface area (Å²) in [6, 6.07) is 6.32. The summed E-state index contributed by atoms with van der Waals surface area (Å²) in [6.07, 6.45) is 3.49. The van der Waals surface area contributed by atoms with Crippen LogP contribution in [0.5, 0.6) is 0 Å². The Bertz CT molecular complexity index is 980. The first-order valence-corrected chi connectivity index (χ1v) is 8.41. The van der Waals surface area contributed by atoms with Crippen molar-refractivity contribution in [3.63, 3.8) is 0 Å². The largest absolute Gasteiger partial charge is 0.359 e. The van der Waals surface area contributed by atoms with Crippen LogP contribution < -0.4 is 4.90 Å². The molecule has 1 aliphatic heterocycles. The molecule has 3 aromatic rings. The average Bonchev–Trinajstić information content (AvgIpc) is 2.95. The molecule has 2 aromatic heterocycles. The fraction of sp³-hybridized carbons (Fsp3) is 0.368. The first-order valence-electron chi connectivity index (χ1n) is 8.41. The zero-order chi connectivity index (χ0) is 18.7. The number of rotatable bonds is 2. The van der Waals surface area contributed by atoms with Crippen LogP contribution in [0.4, 0.5) is 18.9 Å². The van der Waals surface area contributed by atoms with Gasteiger partial charge in [-0.2, -0.15) is 0 Å². The predicted octanol–water partition coefficient (Wildman–Crippen LogP) is 4.31. The van der Waals surface area contributed by atoms with Crippen molar-refractivity contribution in [2.45, 2.75) is 32.1 Å². The normalized spacial score (nSPS) is 16.8. The van der Waals surface area contributed by atoms with Gasteiger partial charge in [-0.3, -0.25) is 0 Å². The average molecular weight is 360 g/mol. The van der Waals surface area contributed by atoms with Crippen LogP contribution in [-0.2, 0) is 5.41 Å². The Morgan fingerprint density at radius 1 is 1.12 bits per heavy atom. The number of alkyl halides is 2. The van der Waals surface area contributed by atoms with Crippen LogP contribution in [0.2, 0.25) is 0 Å². The van der Waals surface area contributed by atoms with E-state index in [-0.39, 0.29) is 24.2 Å². The zero-order valence-corrected chi connectivity index (χ0v) is 14.8. The summed E-state index contributed by atoms with van der Waals surface area (Å²) in [5, 5.41) is 5.14. The van der Waals surface area contributed by atoms with Crippen molar-refractivity contribution in [1.29, 1.82) is 0 Å². The molecular formula is C19H19F3N4. The quantitative estimate of drug-likeness (QED) is 0.683. The molecule has 1 fully saturated rings. The highest BCUT2D eigenvalue weighted by atomic mass is 19.3. The summed E-state index contributed by atoms with van der Waals surface area (Å²) in [6.45, 7) is 5.57. The van der Waals surface area contributed by atoms with Gasteiger partial charge in [-0.1, -0.05) is 20.8 Å². The standard InChI is InChI=1S/C19H19F3N4/c1-18(2,3)13-6-12-9-26(24-17(12)23-8-13)16-7-14(4-5-15(16)20)25-10-19(21,22)11-25/h4-9H,10-11H2,1-3H3. The molecule has 4 nitrogen and oxygen atoms in total. The van der Waals surface area contributed by atoms with Gasteiger partial charge in [0.05, 0.1) is 13.1 Å². The highest BCUT2D eigenvalue weighted by Gasteiger charge is 2.44. The molecule has 4 rings (SSSR count). The van der Waals surface area contributed by atoms with Crippen LogP contribution >= 0.6 is 0 Å². The molecule has 0 amide bonds. The third kappa shape index (κ3) is 2.91. The minimum atomic E-state index is -2.68. The van der Waals surface area contributed by atoms with E-state index in [4.69, 9.17) is 0 Å². The SMILES string of the molecule is CC(C)(C)c1cnc2nn(-c3cc(N4CC(F)(F)C4)ccc3F)cc2c1. The second kappa shape index (κ2) is 5.46. The fourth-order valence-corrected chi connectivity index (χ4v) is 3.02. The summed E-state index contributed by atoms with van der Waals surface area (Å²) in [4.78, 5) is 5.88. The summed E-state index contributed by atoms with van der Waals surface area (Å²) in [7, 11) is 0. The highest BCUT2D eigenvalue weighted by Crippen LogP contribution is 2.33. The van der Waals surface area contributed by atoms with Gasteiger partial charge in [0.15, 0.2) is 5.65 Å². The molecule has 0 bridgehead atoms. The molecule has 0 aliphatic carbocycles. The third-order valence-electron chi connectivity index (χ3n) is 4.61. The topological polar surface area (TPSA) is 34.0 Å². The van der Waals surface area contributed by atoms with Gasteiger partial charge in [-0.05, 0) is 35.2 Å². The lowest BCUT2D eigenvalue weighted by Gasteiger charge is -2.40. The monoisotopic (exact) mass is 360 g/mol. The lowest BCUT2D eigenvalue weighted by atomic mass is 9.88. The number of halogens is 3. The summed E-state index contributed by atoms with van der Waals surface area (Å²) >= 11 is 0. The van der Waals surface area contributed by atoms with Crippen molar-refractivity contribution < 1.29 is 13.2 Å². The van der Waals surface area contributed by atoms with Gasteiger partial charge in [-0.15, -0.1) is 5.10 Å². The van der Waals surface area contributed by atoms with Gasteiger partial charge in [0.25, 0.3) is 5.92 Å². The van der Waals surface area contributed by atoms with E-state index in [0.717, 1.165) is 10.9 Å². The fourth-order valence-electron chi connectivity index (χ4n) is 3.02. The van der Waals surface area contributed by atoms with Gasteiger partial charge < -0.3 is 4.90 Å². The maximum absolute atomic E-state index is 14.3. The number of nitrogens with zero attached hydrogens (tertiary/aromatic N) is 4. The molecule has 3 heterocycles. The minimum absolute atomic E-state index is 0.0583. The molecule has 136 valence electrons. The number of benzene rings is 1. The Morgan fingerprint density at radius 3 is 2.50 bits per heavy atom. The van der Waals surface area contributed by atoms with Crippen LogP contribution in [0, 0.1) is 5.82 Å². The number of pyridine rings is 1. The molecule has 1 aliphatic rings. The van der Waals surface area contributed by atoms with Crippen LogP contribution in [0.1, 0.15) is 26.3 Å². The number of anilines is 1. The molecule has 26 heavy (non-hydrogen) atoms. The van der Waals surface area contributed by atoms with Gasteiger partial charge >= 0.3 is 0 Å². The first kappa shape index (κ1) is 16.9. The summed E-state index contributed by atoms with van der Waals surface area (Å²) < 4.78 is 42.0. The molecule has 0 radical (unpaired) electrons. The van der Waals surface area contributed by atoms with Crippen LogP contribution in [0.25, 0.3) is 16.7 Å². The molecule has 0 atom stereocenters. The van der Waals surface area contributed by atoms with Crippen molar-refractivity contribution in [3.05, 3.63) is 48.0 Å². The Hall–Kier alpha value is -2.57. The van der Waals surface area contributed by atoms with Crippen molar-refractivity contribution >= 4 is 16.7 Å². The minimum Gasteiger partial charge on any atom is -0.359 e. The number of fused-ring (bicyclic) bond motifs is 1. The highest BCUT2D eigenvalue weighted by molar-refractivity contribution is 5.75.